The number of benzene rings is 1. The van der Waals surface area contributed by atoms with Crippen LogP contribution in [0.3, 0.4) is 0 Å². The van der Waals surface area contributed by atoms with Crippen LogP contribution in [0.5, 0.6) is 0 Å². The summed E-state index contributed by atoms with van der Waals surface area (Å²) in [6, 6.07) is 5.70. The lowest BCUT2D eigenvalue weighted by Crippen LogP contribution is -2.23. The maximum atomic E-state index is 10.8. The SMILES string of the molecule is CC(CN(C)C)n1c(SCC(=O)O)nc2ccc(Cl)cc21. The van der Waals surface area contributed by atoms with E-state index >= 15 is 0 Å². The first kappa shape index (κ1) is 16.1. The molecule has 0 amide bonds. The zero-order valence-electron chi connectivity index (χ0n) is 12.2. The highest BCUT2D eigenvalue weighted by molar-refractivity contribution is 7.99. The Hall–Kier alpha value is -1.24. The molecule has 0 saturated heterocycles. The lowest BCUT2D eigenvalue weighted by molar-refractivity contribution is -0.133. The van der Waals surface area contributed by atoms with Crippen molar-refractivity contribution in [3.05, 3.63) is 23.2 Å². The zero-order valence-corrected chi connectivity index (χ0v) is 13.8. The van der Waals surface area contributed by atoms with Crippen LogP contribution in [0.2, 0.25) is 5.02 Å². The number of thioether (sulfide) groups is 1. The summed E-state index contributed by atoms with van der Waals surface area (Å²) in [4.78, 5) is 17.4. The number of nitrogens with zero attached hydrogens (tertiary/aromatic N) is 3. The fraction of sp³-hybridized carbons (Fsp3) is 0.429. The molecule has 0 aliphatic rings. The second kappa shape index (κ2) is 6.68. The molecule has 1 unspecified atom stereocenters. The Bertz CT molecular complexity index is 657. The summed E-state index contributed by atoms with van der Waals surface area (Å²) in [6.45, 7) is 2.92. The molecule has 0 aliphatic heterocycles. The van der Waals surface area contributed by atoms with Crippen molar-refractivity contribution in [2.45, 2.75) is 18.1 Å². The van der Waals surface area contributed by atoms with E-state index in [9.17, 15) is 4.79 Å². The van der Waals surface area contributed by atoms with Crippen LogP contribution in [0.4, 0.5) is 0 Å². The minimum Gasteiger partial charge on any atom is -0.481 e. The Kier molecular flexibility index (Phi) is 5.13. The predicted molar refractivity (Wildman–Crippen MR) is 86.4 cm³/mol. The van der Waals surface area contributed by atoms with Gasteiger partial charge in [-0.05, 0) is 39.2 Å². The van der Waals surface area contributed by atoms with Crippen LogP contribution >= 0.6 is 23.4 Å². The van der Waals surface area contributed by atoms with Crippen molar-refractivity contribution in [3.63, 3.8) is 0 Å². The van der Waals surface area contributed by atoms with Crippen LogP contribution in [0.15, 0.2) is 23.4 Å². The van der Waals surface area contributed by atoms with E-state index < -0.39 is 5.97 Å². The van der Waals surface area contributed by atoms with Gasteiger partial charge in [0, 0.05) is 17.6 Å². The smallest absolute Gasteiger partial charge is 0.313 e. The molecule has 1 aromatic heterocycles. The van der Waals surface area contributed by atoms with Crippen LogP contribution < -0.4 is 0 Å². The van der Waals surface area contributed by atoms with E-state index in [1.807, 2.05) is 26.2 Å². The highest BCUT2D eigenvalue weighted by Gasteiger charge is 2.18. The van der Waals surface area contributed by atoms with E-state index in [1.54, 1.807) is 6.07 Å². The molecule has 1 atom stereocenters. The zero-order chi connectivity index (χ0) is 15.6. The normalized spacial score (nSPS) is 13.0. The number of fused-ring (bicyclic) bond motifs is 1. The minimum absolute atomic E-state index is 0.00820. The van der Waals surface area contributed by atoms with Gasteiger partial charge in [-0.25, -0.2) is 4.98 Å². The van der Waals surface area contributed by atoms with E-state index in [-0.39, 0.29) is 11.8 Å². The molecule has 0 spiro atoms. The molecule has 114 valence electrons. The van der Waals surface area contributed by atoms with Gasteiger partial charge < -0.3 is 14.6 Å². The van der Waals surface area contributed by atoms with Crippen molar-refractivity contribution < 1.29 is 9.90 Å². The average Bonchev–Trinajstić information content (AvgIpc) is 2.73. The topological polar surface area (TPSA) is 58.4 Å². The molecule has 0 saturated carbocycles. The van der Waals surface area contributed by atoms with Crippen LogP contribution in [0, 0.1) is 0 Å². The molecule has 0 fully saturated rings. The molecule has 5 nitrogen and oxygen atoms in total. The second-order valence-electron chi connectivity index (χ2n) is 5.19. The molecule has 0 aliphatic carbocycles. The Morgan fingerprint density at radius 1 is 1.52 bits per heavy atom. The molecule has 1 heterocycles. The van der Waals surface area contributed by atoms with Gasteiger partial charge in [0.25, 0.3) is 0 Å². The molecular formula is C14H18ClN3O2S. The van der Waals surface area contributed by atoms with Crippen molar-refractivity contribution in [3.8, 4) is 0 Å². The molecule has 1 aromatic carbocycles. The summed E-state index contributed by atoms with van der Waals surface area (Å²) in [5.41, 5.74) is 1.77. The summed E-state index contributed by atoms with van der Waals surface area (Å²) in [7, 11) is 4.01. The Balaban J connectivity index is 2.47. The standard InChI is InChI=1S/C14H18ClN3O2S/c1-9(7-17(2)3)18-12-6-10(15)4-5-11(12)16-14(18)21-8-13(19)20/h4-6,9H,7-8H2,1-3H3,(H,19,20). The lowest BCUT2D eigenvalue weighted by Gasteiger charge is -2.21. The van der Waals surface area contributed by atoms with Gasteiger partial charge in [-0.2, -0.15) is 0 Å². The summed E-state index contributed by atoms with van der Waals surface area (Å²) < 4.78 is 2.06. The van der Waals surface area contributed by atoms with E-state index in [4.69, 9.17) is 16.7 Å². The van der Waals surface area contributed by atoms with E-state index in [0.29, 0.717) is 10.2 Å². The number of likely N-dealkylation sites (N-methyl/N-ethyl adjacent to an activating group) is 1. The Labute approximate surface area is 132 Å². The number of hydrogen-bond acceptors (Lipinski definition) is 4. The predicted octanol–water partition coefficient (Wildman–Crippen LogP) is 2.99. The van der Waals surface area contributed by atoms with Crippen molar-refractivity contribution in [1.82, 2.24) is 14.5 Å². The molecule has 2 rings (SSSR count). The van der Waals surface area contributed by atoms with Crippen molar-refractivity contribution >= 4 is 40.4 Å². The van der Waals surface area contributed by atoms with E-state index in [2.05, 4.69) is 21.4 Å². The highest BCUT2D eigenvalue weighted by Crippen LogP contribution is 2.29. The van der Waals surface area contributed by atoms with Crippen LogP contribution in [-0.2, 0) is 4.79 Å². The first-order chi connectivity index (χ1) is 9.88. The largest absolute Gasteiger partial charge is 0.481 e. The van der Waals surface area contributed by atoms with Gasteiger partial charge in [-0.3, -0.25) is 4.79 Å². The van der Waals surface area contributed by atoms with Gasteiger partial charge in [-0.1, -0.05) is 23.4 Å². The minimum atomic E-state index is -0.850. The highest BCUT2D eigenvalue weighted by atomic mass is 35.5. The molecular weight excluding hydrogens is 310 g/mol. The number of halogens is 1. The first-order valence-corrected chi connectivity index (χ1v) is 7.91. The number of carboxylic acids is 1. The van der Waals surface area contributed by atoms with Crippen molar-refractivity contribution in [1.29, 1.82) is 0 Å². The third-order valence-corrected chi connectivity index (χ3v) is 4.19. The summed E-state index contributed by atoms with van der Waals surface area (Å²) >= 11 is 7.32. The van der Waals surface area contributed by atoms with Crippen LogP contribution in [-0.4, -0.2) is 51.9 Å². The molecule has 0 radical (unpaired) electrons. The van der Waals surface area contributed by atoms with E-state index in [1.165, 1.54) is 11.8 Å². The molecule has 2 aromatic rings. The fourth-order valence-electron chi connectivity index (χ4n) is 2.31. The van der Waals surface area contributed by atoms with Crippen LogP contribution in [0.25, 0.3) is 11.0 Å². The maximum Gasteiger partial charge on any atom is 0.313 e. The Morgan fingerprint density at radius 3 is 2.86 bits per heavy atom. The second-order valence-corrected chi connectivity index (χ2v) is 6.57. The number of carboxylic acid groups (broad SMARTS) is 1. The van der Waals surface area contributed by atoms with Crippen molar-refractivity contribution in [2.75, 3.05) is 26.4 Å². The first-order valence-electron chi connectivity index (χ1n) is 6.55. The lowest BCUT2D eigenvalue weighted by atomic mass is 10.2. The maximum absolute atomic E-state index is 10.8. The van der Waals surface area contributed by atoms with Gasteiger partial charge in [-0.15, -0.1) is 0 Å². The van der Waals surface area contributed by atoms with E-state index in [0.717, 1.165) is 17.6 Å². The monoisotopic (exact) mass is 327 g/mol. The van der Waals surface area contributed by atoms with Crippen LogP contribution in [0.1, 0.15) is 13.0 Å². The summed E-state index contributed by atoms with van der Waals surface area (Å²) in [5, 5.41) is 10.2. The Morgan fingerprint density at radius 2 is 2.24 bits per heavy atom. The molecule has 21 heavy (non-hydrogen) atoms. The van der Waals surface area contributed by atoms with Gasteiger partial charge >= 0.3 is 5.97 Å². The summed E-state index contributed by atoms with van der Waals surface area (Å²) in [5.74, 6) is -0.858. The van der Waals surface area contributed by atoms with Gasteiger partial charge in [0.1, 0.15) is 0 Å². The van der Waals surface area contributed by atoms with Gasteiger partial charge in [0.05, 0.1) is 16.8 Å². The quantitative estimate of drug-likeness (QED) is 0.826. The molecule has 7 heteroatoms. The number of carbonyl (C=O) groups is 1. The van der Waals surface area contributed by atoms with Gasteiger partial charge in [0.15, 0.2) is 5.16 Å². The number of aromatic nitrogens is 2. The number of hydrogen-bond donors (Lipinski definition) is 1. The number of rotatable bonds is 6. The van der Waals surface area contributed by atoms with Gasteiger partial charge in [0.2, 0.25) is 0 Å². The molecule has 1 N–H and O–H groups in total. The number of imidazole rings is 1. The third-order valence-electron chi connectivity index (χ3n) is 3.01. The summed E-state index contributed by atoms with van der Waals surface area (Å²) in [6.07, 6.45) is 0. The van der Waals surface area contributed by atoms with Crippen molar-refractivity contribution in [2.24, 2.45) is 0 Å². The third kappa shape index (κ3) is 3.90. The number of aliphatic carboxylic acids is 1. The fourth-order valence-corrected chi connectivity index (χ4v) is 3.31. The molecule has 0 bridgehead atoms. The average molecular weight is 328 g/mol.